The van der Waals surface area contributed by atoms with Crippen molar-refractivity contribution in [1.82, 2.24) is 0 Å². The summed E-state index contributed by atoms with van der Waals surface area (Å²) in [5, 5.41) is 0.262. The van der Waals surface area contributed by atoms with Crippen molar-refractivity contribution in [2.45, 2.75) is 12.7 Å². The molecule has 0 spiro atoms. The smallest absolute Gasteiger partial charge is 0.278 e. The molecule has 0 saturated heterocycles. The van der Waals surface area contributed by atoms with Crippen LogP contribution in [0.5, 0.6) is 11.5 Å². The summed E-state index contributed by atoms with van der Waals surface area (Å²) in [4.78, 5) is 0. The average Bonchev–Trinajstić information content (AvgIpc) is 2.74. The van der Waals surface area contributed by atoms with Gasteiger partial charge in [-0.25, -0.2) is 8.78 Å². The van der Waals surface area contributed by atoms with E-state index in [2.05, 4.69) is 15.9 Å². The van der Waals surface area contributed by atoms with Gasteiger partial charge in [0.05, 0.1) is 10.0 Å². The first-order valence-corrected chi connectivity index (χ1v) is 6.89. The van der Waals surface area contributed by atoms with Gasteiger partial charge >= 0.3 is 0 Å². The van der Waals surface area contributed by atoms with Crippen LogP contribution in [0, 0.1) is 11.6 Å². The maximum absolute atomic E-state index is 14.0. The molecule has 0 aliphatic carbocycles. The third-order valence-electron chi connectivity index (χ3n) is 3.03. The molecule has 0 saturated carbocycles. The molecule has 0 bridgehead atoms. The lowest BCUT2D eigenvalue weighted by molar-refractivity contribution is -0.0722. The van der Waals surface area contributed by atoms with Crippen LogP contribution in [0.2, 0.25) is 5.02 Å². The van der Waals surface area contributed by atoms with Gasteiger partial charge in [0.25, 0.3) is 5.79 Å². The van der Waals surface area contributed by atoms with Crippen molar-refractivity contribution in [3.8, 4) is 11.5 Å². The molecule has 1 aliphatic heterocycles. The first-order valence-electron chi connectivity index (χ1n) is 5.72. The number of ether oxygens (including phenoxy) is 2. The lowest BCUT2D eigenvalue weighted by Gasteiger charge is -2.24. The molecule has 2 aromatic rings. The van der Waals surface area contributed by atoms with E-state index in [0.717, 1.165) is 6.07 Å². The zero-order valence-corrected chi connectivity index (χ0v) is 12.6. The van der Waals surface area contributed by atoms with Gasteiger partial charge in [0.1, 0.15) is 5.82 Å². The molecule has 0 radical (unpaired) electrons. The Bertz CT molecular complexity index is 675. The molecule has 104 valence electrons. The Morgan fingerprint density at radius 3 is 2.40 bits per heavy atom. The molecular weight excluding hydrogens is 354 g/mol. The molecule has 3 rings (SSSR count). The van der Waals surface area contributed by atoms with E-state index in [9.17, 15) is 8.78 Å². The van der Waals surface area contributed by atoms with E-state index in [4.69, 9.17) is 21.1 Å². The highest BCUT2D eigenvalue weighted by atomic mass is 79.9. The monoisotopic (exact) mass is 360 g/mol. The van der Waals surface area contributed by atoms with E-state index in [-0.39, 0.29) is 22.1 Å². The highest BCUT2D eigenvalue weighted by Crippen LogP contribution is 2.49. The van der Waals surface area contributed by atoms with E-state index in [0.29, 0.717) is 4.47 Å². The first kappa shape index (κ1) is 13.6. The minimum Gasteiger partial charge on any atom is -0.443 e. The number of benzene rings is 2. The van der Waals surface area contributed by atoms with Gasteiger partial charge < -0.3 is 9.47 Å². The molecule has 1 unspecified atom stereocenters. The molecular formula is C14H8BrClF2O2. The molecule has 0 aromatic heterocycles. The lowest BCUT2D eigenvalue weighted by atomic mass is 10.1. The summed E-state index contributed by atoms with van der Waals surface area (Å²) >= 11 is 8.97. The highest BCUT2D eigenvalue weighted by Gasteiger charge is 2.43. The Hall–Kier alpha value is -1.33. The van der Waals surface area contributed by atoms with Crippen molar-refractivity contribution in [2.24, 2.45) is 0 Å². The molecule has 2 nitrogen and oxygen atoms in total. The van der Waals surface area contributed by atoms with Gasteiger partial charge in [-0.3, -0.25) is 0 Å². The van der Waals surface area contributed by atoms with Crippen LogP contribution in [0.25, 0.3) is 0 Å². The molecule has 0 N–H and O–H groups in total. The summed E-state index contributed by atoms with van der Waals surface area (Å²) in [5.74, 6) is -2.43. The molecule has 6 heteroatoms. The number of rotatable bonds is 1. The van der Waals surface area contributed by atoms with Gasteiger partial charge in [-0.1, -0.05) is 11.6 Å². The van der Waals surface area contributed by atoms with Gasteiger partial charge in [-0.15, -0.1) is 0 Å². The Labute approximate surface area is 127 Å². The highest BCUT2D eigenvalue weighted by molar-refractivity contribution is 9.10. The fourth-order valence-electron chi connectivity index (χ4n) is 2.08. The molecule has 0 amide bonds. The summed E-state index contributed by atoms with van der Waals surface area (Å²) in [6.07, 6.45) is 0. The zero-order chi connectivity index (χ0) is 14.5. The molecule has 1 heterocycles. The zero-order valence-electron chi connectivity index (χ0n) is 10.2. The maximum atomic E-state index is 14.0. The van der Waals surface area contributed by atoms with Crippen LogP contribution in [-0.4, -0.2) is 0 Å². The summed E-state index contributed by atoms with van der Waals surface area (Å²) < 4.78 is 39.4. The van der Waals surface area contributed by atoms with Crippen molar-refractivity contribution >= 4 is 27.5 Å². The molecule has 0 fully saturated rings. The van der Waals surface area contributed by atoms with Crippen molar-refractivity contribution in [3.05, 3.63) is 57.0 Å². The van der Waals surface area contributed by atoms with E-state index in [1.807, 2.05) is 0 Å². The minimum atomic E-state index is -1.44. The largest absolute Gasteiger partial charge is 0.443 e. The SMILES string of the molecule is CC1(c2ccc(Cl)cc2F)Oc2c(F)ccc(Br)c2O1. The fourth-order valence-corrected chi connectivity index (χ4v) is 2.63. The van der Waals surface area contributed by atoms with Crippen molar-refractivity contribution in [1.29, 1.82) is 0 Å². The second-order valence-electron chi connectivity index (χ2n) is 4.46. The van der Waals surface area contributed by atoms with Gasteiger partial charge in [0, 0.05) is 11.9 Å². The standard InChI is InChI=1S/C14H8BrClF2O2/c1-14(8-3-2-7(16)6-11(8)18)19-12-9(15)4-5-10(17)13(12)20-14/h2-6H,1H3. The molecule has 20 heavy (non-hydrogen) atoms. The van der Waals surface area contributed by atoms with Crippen LogP contribution in [0.15, 0.2) is 34.8 Å². The van der Waals surface area contributed by atoms with E-state index in [1.54, 1.807) is 0 Å². The van der Waals surface area contributed by atoms with E-state index < -0.39 is 17.4 Å². The minimum absolute atomic E-state index is 0.0452. The Morgan fingerprint density at radius 1 is 1.05 bits per heavy atom. The second-order valence-corrected chi connectivity index (χ2v) is 5.75. The van der Waals surface area contributed by atoms with Crippen molar-refractivity contribution in [3.63, 3.8) is 0 Å². The predicted octanol–water partition coefficient (Wildman–Crippen LogP) is 5.02. The summed E-state index contributed by atoms with van der Waals surface area (Å²) in [6.45, 7) is 1.52. The van der Waals surface area contributed by atoms with Crippen LogP contribution in [0.4, 0.5) is 8.78 Å². The maximum Gasteiger partial charge on any atom is 0.278 e. The summed E-state index contributed by atoms with van der Waals surface area (Å²) in [5.41, 5.74) is 0.143. The van der Waals surface area contributed by atoms with Gasteiger partial charge in [0.2, 0.25) is 5.75 Å². The summed E-state index contributed by atoms with van der Waals surface area (Å²) in [6, 6.07) is 6.88. The first-order chi connectivity index (χ1) is 9.40. The van der Waals surface area contributed by atoms with Crippen molar-refractivity contribution < 1.29 is 18.3 Å². The number of hydrogen-bond acceptors (Lipinski definition) is 2. The lowest BCUT2D eigenvalue weighted by Crippen LogP contribution is -2.32. The molecule has 1 atom stereocenters. The fraction of sp³-hybridized carbons (Fsp3) is 0.143. The average molecular weight is 362 g/mol. The van der Waals surface area contributed by atoms with Crippen LogP contribution in [0.3, 0.4) is 0 Å². The van der Waals surface area contributed by atoms with Crippen molar-refractivity contribution in [2.75, 3.05) is 0 Å². The van der Waals surface area contributed by atoms with E-state index >= 15 is 0 Å². The predicted molar refractivity (Wildman–Crippen MR) is 74.1 cm³/mol. The van der Waals surface area contributed by atoms with E-state index in [1.165, 1.54) is 31.2 Å². The quantitative estimate of drug-likeness (QED) is 0.710. The summed E-state index contributed by atoms with van der Waals surface area (Å²) in [7, 11) is 0. The number of fused-ring (bicyclic) bond motifs is 1. The normalized spacial score (nSPS) is 20.2. The van der Waals surface area contributed by atoms with Crippen LogP contribution in [0.1, 0.15) is 12.5 Å². The molecule has 2 aromatic carbocycles. The number of halogens is 4. The van der Waals surface area contributed by atoms with Gasteiger partial charge in [0.15, 0.2) is 11.6 Å². The van der Waals surface area contributed by atoms with Gasteiger partial charge in [-0.2, -0.15) is 0 Å². The Balaban J connectivity index is 2.09. The number of hydrogen-bond donors (Lipinski definition) is 0. The molecule has 1 aliphatic rings. The second kappa shape index (κ2) is 4.60. The topological polar surface area (TPSA) is 18.5 Å². The van der Waals surface area contributed by atoms with Gasteiger partial charge in [-0.05, 0) is 46.3 Å². The van der Waals surface area contributed by atoms with Crippen LogP contribution >= 0.6 is 27.5 Å². The Kier molecular flexibility index (Phi) is 3.14. The van der Waals surface area contributed by atoms with Crippen LogP contribution in [-0.2, 0) is 5.79 Å². The Morgan fingerprint density at radius 2 is 1.75 bits per heavy atom. The third-order valence-corrected chi connectivity index (χ3v) is 3.89. The van der Waals surface area contributed by atoms with Crippen LogP contribution < -0.4 is 9.47 Å². The third kappa shape index (κ3) is 2.05.